The highest BCUT2D eigenvalue weighted by Gasteiger charge is 2.28. The molecule has 206 valence electrons. The topological polar surface area (TPSA) is 80.1 Å². The largest absolute Gasteiger partial charge is 0.464 e. The Morgan fingerprint density at radius 3 is 2.52 bits per heavy atom. The lowest BCUT2D eigenvalue weighted by atomic mass is 10.1. The van der Waals surface area contributed by atoms with E-state index in [0.29, 0.717) is 34.3 Å². The Labute approximate surface area is 239 Å². The number of nitrogens with zero attached hydrogens (tertiary/aromatic N) is 2. The Bertz CT molecular complexity index is 1570. The van der Waals surface area contributed by atoms with Crippen LogP contribution >= 0.6 is 15.9 Å². The van der Waals surface area contributed by atoms with Gasteiger partial charge in [0, 0.05) is 29.7 Å². The van der Waals surface area contributed by atoms with E-state index in [2.05, 4.69) is 15.9 Å². The van der Waals surface area contributed by atoms with E-state index in [9.17, 15) is 18.8 Å². The Hall–Kier alpha value is -3.82. The molecule has 2 heterocycles. The van der Waals surface area contributed by atoms with E-state index >= 15 is 0 Å². The van der Waals surface area contributed by atoms with Crippen LogP contribution in [0.4, 0.5) is 4.39 Å². The van der Waals surface area contributed by atoms with Crippen molar-refractivity contribution in [2.45, 2.75) is 32.0 Å². The molecule has 0 saturated carbocycles. The van der Waals surface area contributed by atoms with Crippen molar-refractivity contribution < 1.29 is 23.1 Å². The van der Waals surface area contributed by atoms with Gasteiger partial charge in [-0.05, 0) is 60.9 Å². The number of carbonyl (C=O) groups excluding carboxylic acids is 2. The number of halogens is 2. The molecule has 0 aliphatic carbocycles. The van der Waals surface area contributed by atoms with Gasteiger partial charge >= 0.3 is 0 Å². The minimum atomic E-state index is -0.390. The number of hydrogen-bond acceptors (Lipinski definition) is 5. The van der Waals surface area contributed by atoms with Crippen molar-refractivity contribution in [3.05, 3.63) is 116 Å². The summed E-state index contributed by atoms with van der Waals surface area (Å²) in [6.07, 6.45) is 2.90. The Morgan fingerprint density at radius 1 is 0.975 bits per heavy atom. The quantitative estimate of drug-likeness (QED) is 0.250. The molecule has 1 saturated heterocycles. The molecule has 4 aromatic rings. The van der Waals surface area contributed by atoms with Crippen molar-refractivity contribution in [3.8, 4) is 0 Å². The van der Waals surface area contributed by atoms with Gasteiger partial charge in [-0.15, -0.1) is 0 Å². The van der Waals surface area contributed by atoms with Gasteiger partial charge in [-0.3, -0.25) is 14.4 Å². The fraction of sp³-hybridized carbons (Fsp3) is 0.258. The summed E-state index contributed by atoms with van der Waals surface area (Å²) < 4.78 is 25.8. The maximum Gasteiger partial charge on any atom is 0.254 e. The molecule has 5 rings (SSSR count). The van der Waals surface area contributed by atoms with Crippen LogP contribution in [0.1, 0.15) is 34.3 Å². The van der Waals surface area contributed by atoms with Crippen molar-refractivity contribution in [1.82, 2.24) is 9.80 Å². The van der Waals surface area contributed by atoms with E-state index < -0.39 is 0 Å². The fourth-order valence-corrected chi connectivity index (χ4v) is 5.20. The fourth-order valence-electron chi connectivity index (χ4n) is 4.80. The molecule has 1 atom stereocenters. The summed E-state index contributed by atoms with van der Waals surface area (Å²) in [5.41, 5.74) is 1.65. The van der Waals surface area contributed by atoms with Crippen LogP contribution in [0, 0.1) is 5.82 Å². The highest BCUT2D eigenvalue weighted by Crippen LogP contribution is 2.19. The first kappa shape index (κ1) is 27.7. The molecule has 1 fully saturated rings. The standard InChI is InChI=1S/C31H28BrFN2O5/c32-24-6-3-5-22(15-24)31(38)35(18-26-7-4-14-39-26)19-29(36)34(16-21-10-12-25(33)13-11-21)17-23-20-40-28-9-2-1-8-27(28)30(23)37/h1-3,5-6,8-13,15,20,26H,4,7,14,16-19H2. The second kappa shape index (κ2) is 12.6. The van der Waals surface area contributed by atoms with Gasteiger partial charge in [-0.2, -0.15) is 0 Å². The van der Waals surface area contributed by atoms with Crippen LogP contribution in [0.25, 0.3) is 11.0 Å². The average molecular weight is 607 g/mol. The number of benzene rings is 3. The third kappa shape index (κ3) is 6.66. The number of amides is 2. The predicted molar refractivity (Wildman–Crippen MR) is 152 cm³/mol. The molecule has 7 nitrogen and oxygen atoms in total. The normalized spacial score (nSPS) is 14.8. The molecule has 0 spiro atoms. The van der Waals surface area contributed by atoms with Gasteiger partial charge in [0.15, 0.2) is 5.43 Å². The van der Waals surface area contributed by atoms with E-state index in [0.717, 1.165) is 17.3 Å². The molecule has 2 amide bonds. The molecular formula is C31H28BrFN2O5. The molecular weight excluding hydrogens is 579 g/mol. The minimum absolute atomic E-state index is 0.0395. The first-order valence-electron chi connectivity index (χ1n) is 13.1. The number of fused-ring (bicyclic) bond motifs is 1. The smallest absolute Gasteiger partial charge is 0.254 e. The Morgan fingerprint density at radius 2 is 1.77 bits per heavy atom. The lowest BCUT2D eigenvalue weighted by Crippen LogP contribution is -2.45. The molecule has 0 bridgehead atoms. The third-order valence-electron chi connectivity index (χ3n) is 6.89. The lowest BCUT2D eigenvalue weighted by Gasteiger charge is -2.29. The molecule has 40 heavy (non-hydrogen) atoms. The van der Waals surface area contributed by atoms with Crippen LogP contribution in [0.3, 0.4) is 0 Å². The minimum Gasteiger partial charge on any atom is -0.464 e. The zero-order valence-electron chi connectivity index (χ0n) is 21.7. The summed E-state index contributed by atoms with van der Waals surface area (Å²) in [5.74, 6) is -1.05. The van der Waals surface area contributed by atoms with Crippen molar-refractivity contribution in [2.75, 3.05) is 19.7 Å². The molecule has 1 aliphatic heterocycles. The van der Waals surface area contributed by atoms with Crippen molar-refractivity contribution in [1.29, 1.82) is 0 Å². The molecule has 1 unspecified atom stereocenters. The number of rotatable bonds is 9. The van der Waals surface area contributed by atoms with Crippen molar-refractivity contribution in [3.63, 3.8) is 0 Å². The van der Waals surface area contributed by atoms with Crippen LogP contribution < -0.4 is 5.43 Å². The predicted octanol–water partition coefficient (Wildman–Crippen LogP) is 5.54. The van der Waals surface area contributed by atoms with E-state index in [1.54, 1.807) is 54.6 Å². The van der Waals surface area contributed by atoms with Gasteiger partial charge in [-0.25, -0.2) is 4.39 Å². The second-order valence-corrected chi connectivity index (χ2v) is 10.7. The zero-order valence-corrected chi connectivity index (χ0v) is 23.3. The summed E-state index contributed by atoms with van der Waals surface area (Å²) in [6, 6.07) is 19.8. The van der Waals surface area contributed by atoms with E-state index in [4.69, 9.17) is 9.15 Å². The molecule has 0 radical (unpaired) electrons. The zero-order chi connectivity index (χ0) is 28.1. The first-order valence-corrected chi connectivity index (χ1v) is 13.8. The number of carbonyl (C=O) groups is 2. The molecule has 3 aromatic carbocycles. The Kier molecular flexibility index (Phi) is 8.72. The van der Waals surface area contributed by atoms with Crippen LogP contribution in [-0.2, 0) is 22.6 Å². The van der Waals surface area contributed by atoms with Crippen LogP contribution in [0.15, 0.2) is 92.7 Å². The molecule has 1 aromatic heterocycles. The summed E-state index contributed by atoms with van der Waals surface area (Å²) in [4.78, 5) is 43.6. The number of hydrogen-bond donors (Lipinski definition) is 0. The second-order valence-electron chi connectivity index (χ2n) is 9.79. The van der Waals surface area contributed by atoms with Gasteiger partial charge < -0.3 is 19.0 Å². The summed E-state index contributed by atoms with van der Waals surface area (Å²) in [7, 11) is 0. The van der Waals surface area contributed by atoms with Crippen molar-refractivity contribution >= 4 is 38.7 Å². The molecule has 0 N–H and O–H groups in total. The third-order valence-corrected chi connectivity index (χ3v) is 7.38. The highest BCUT2D eigenvalue weighted by atomic mass is 79.9. The number of ether oxygens (including phenoxy) is 1. The van der Waals surface area contributed by atoms with E-state index in [-0.39, 0.29) is 55.3 Å². The van der Waals surface area contributed by atoms with E-state index in [1.165, 1.54) is 28.2 Å². The highest BCUT2D eigenvalue weighted by molar-refractivity contribution is 9.10. The maximum atomic E-state index is 13.9. The van der Waals surface area contributed by atoms with Crippen LogP contribution in [0.5, 0.6) is 0 Å². The van der Waals surface area contributed by atoms with Gasteiger partial charge in [0.1, 0.15) is 17.9 Å². The van der Waals surface area contributed by atoms with Gasteiger partial charge in [0.25, 0.3) is 5.91 Å². The van der Waals surface area contributed by atoms with Gasteiger partial charge in [0.05, 0.1) is 29.9 Å². The molecule has 1 aliphatic rings. The maximum absolute atomic E-state index is 13.9. The van der Waals surface area contributed by atoms with Crippen LogP contribution in [0.2, 0.25) is 0 Å². The average Bonchev–Trinajstić information content (AvgIpc) is 3.48. The van der Waals surface area contributed by atoms with E-state index in [1.807, 2.05) is 6.07 Å². The monoisotopic (exact) mass is 606 g/mol. The first-order chi connectivity index (χ1) is 19.4. The SMILES string of the molecule is O=C(CN(CC1CCCO1)C(=O)c1cccc(Br)c1)N(Cc1ccc(F)cc1)Cc1coc2ccccc2c1=O. The molecule has 9 heteroatoms. The summed E-state index contributed by atoms with van der Waals surface area (Å²) >= 11 is 3.41. The van der Waals surface area contributed by atoms with Gasteiger partial charge in [-0.1, -0.05) is 46.3 Å². The summed E-state index contributed by atoms with van der Waals surface area (Å²) in [5, 5.41) is 0.416. The summed E-state index contributed by atoms with van der Waals surface area (Å²) in [6.45, 7) is 0.739. The van der Waals surface area contributed by atoms with Crippen LogP contribution in [-0.4, -0.2) is 47.4 Å². The lowest BCUT2D eigenvalue weighted by molar-refractivity contribution is -0.133. The number of para-hydroxylation sites is 1. The Balaban J connectivity index is 1.44. The van der Waals surface area contributed by atoms with Gasteiger partial charge in [0.2, 0.25) is 5.91 Å². The van der Waals surface area contributed by atoms with Crippen molar-refractivity contribution in [2.24, 2.45) is 0 Å².